The van der Waals surface area contributed by atoms with E-state index in [1.807, 2.05) is 56.3 Å². The molecule has 0 fully saturated rings. The number of aryl methyl sites for hydroxylation is 2. The smallest absolute Gasteiger partial charge is 0.184 e. The highest BCUT2D eigenvalue weighted by atomic mass is 16.5. The normalized spacial score (nSPS) is 11.2. The van der Waals surface area contributed by atoms with Crippen LogP contribution in [0.3, 0.4) is 0 Å². The van der Waals surface area contributed by atoms with Crippen LogP contribution >= 0.6 is 0 Å². The number of imidazole rings is 1. The summed E-state index contributed by atoms with van der Waals surface area (Å²) >= 11 is 0. The Morgan fingerprint density at radius 1 is 1.06 bits per heavy atom. The minimum absolute atomic E-state index is 0.0154. The lowest BCUT2D eigenvalue weighted by molar-refractivity contribution is 0.0970. The second-order valence-electron chi connectivity index (χ2n) is 7.72. The molecule has 4 rings (SSSR count). The molecular formula is C25H27N3O3. The first kappa shape index (κ1) is 20.9. The number of rotatable bonds is 8. The van der Waals surface area contributed by atoms with E-state index in [2.05, 4.69) is 21.7 Å². The van der Waals surface area contributed by atoms with Crippen molar-refractivity contribution in [3.8, 4) is 5.75 Å². The van der Waals surface area contributed by atoms with E-state index in [0.717, 1.165) is 41.1 Å². The van der Waals surface area contributed by atoms with Gasteiger partial charge in [0.2, 0.25) is 0 Å². The van der Waals surface area contributed by atoms with Crippen LogP contribution in [0.25, 0.3) is 11.0 Å². The van der Waals surface area contributed by atoms with Crippen LogP contribution in [-0.2, 0) is 26.1 Å². The Bertz CT molecular complexity index is 1220. The molecular weight excluding hydrogens is 390 g/mol. The summed E-state index contributed by atoms with van der Waals surface area (Å²) in [6, 6.07) is 17.7. The van der Waals surface area contributed by atoms with Crippen molar-refractivity contribution in [2.24, 2.45) is 0 Å². The maximum atomic E-state index is 13.2. The maximum absolute atomic E-state index is 13.2. The van der Waals surface area contributed by atoms with Gasteiger partial charge in [0.1, 0.15) is 18.2 Å². The van der Waals surface area contributed by atoms with Crippen LogP contribution in [0.4, 0.5) is 0 Å². The zero-order chi connectivity index (χ0) is 22.0. The molecule has 2 aromatic heterocycles. The molecule has 6 heteroatoms. The molecule has 0 atom stereocenters. The lowest BCUT2D eigenvalue weighted by atomic mass is 10.1. The number of methoxy groups -OCH3 is 1. The van der Waals surface area contributed by atoms with Gasteiger partial charge in [-0.05, 0) is 56.2 Å². The second kappa shape index (κ2) is 8.78. The summed E-state index contributed by atoms with van der Waals surface area (Å²) in [5, 5.41) is 9.71. The van der Waals surface area contributed by atoms with Crippen molar-refractivity contribution in [1.82, 2.24) is 14.1 Å². The highest BCUT2D eigenvalue weighted by Crippen LogP contribution is 2.21. The molecule has 0 aliphatic carbocycles. The first-order chi connectivity index (χ1) is 15.0. The molecule has 6 nitrogen and oxygen atoms in total. The first-order valence-corrected chi connectivity index (χ1v) is 10.4. The van der Waals surface area contributed by atoms with Crippen molar-refractivity contribution >= 4 is 16.8 Å². The summed E-state index contributed by atoms with van der Waals surface area (Å²) in [7, 11) is 1.66. The number of carbonyl (C=O) groups is 1. The number of hydrogen-bond acceptors (Lipinski definition) is 4. The molecule has 0 saturated carbocycles. The summed E-state index contributed by atoms with van der Waals surface area (Å²) < 4.78 is 9.22. The number of ether oxygens (including phenoxy) is 1. The number of benzene rings is 2. The fourth-order valence-corrected chi connectivity index (χ4v) is 4.11. The summed E-state index contributed by atoms with van der Waals surface area (Å²) in [5.41, 5.74) is 5.60. The van der Waals surface area contributed by atoms with E-state index < -0.39 is 0 Å². The van der Waals surface area contributed by atoms with Crippen molar-refractivity contribution < 1.29 is 14.6 Å². The summed E-state index contributed by atoms with van der Waals surface area (Å²) in [6.07, 6.45) is 0.870. The van der Waals surface area contributed by atoms with Gasteiger partial charge in [0, 0.05) is 23.5 Å². The third-order valence-corrected chi connectivity index (χ3v) is 5.83. The predicted octanol–water partition coefficient (Wildman–Crippen LogP) is 4.08. The van der Waals surface area contributed by atoms with Crippen LogP contribution < -0.4 is 4.74 Å². The van der Waals surface area contributed by atoms with E-state index >= 15 is 0 Å². The van der Waals surface area contributed by atoms with Crippen LogP contribution in [0.5, 0.6) is 5.75 Å². The third-order valence-electron chi connectivity index (χ3n) is 5.83. The molecule has 31 heavy (non-hydrogen) atoms. The zero-order valence-corrected chi connectivity index (χ0v) is 18.1. The lowest BCUT2D eigenvalue weighted by Gasteiger charge is -2.11. The molecule has 0 radical (unpaired) electrons. The van der Waals surface area contributed by atoms with Gasteiger partial charge in [0.25, 0.3) is 0 Å². The van der Waals surface area contributed by atoms with Crippen LogP contribution in [0.2, 0.25) is 0 Å². The number of aromatic nitrogens is 3. The molecule has 1 N–H and O–H groups in total. The van der Waals surface area contributed by atoms with Gasteiger partial charge < -0.3 is 19.0 Å². The van der Waals surface area contributed by atoms with Gasteiger partial charge in [-0.15, -0.1) is 0 Å². The highest BCUT2D eigenvalue weighted by Gasteiger charge is 2.19. The first-order valence-electron chi connectivity index (χ1n) is 10.4. The minimum Gasteiger partial charge on any atom is -0.497 e. The number of ketones is 1. The molecule has 160 valence electrons. The third kappa shape index (κ3) is 4.11. The number of aliphatic hydroxyl groups excluding tert-OH is 1. The minimum atomic E-state index is -0.206. The maximum Gasteiger partial charge on any atom is 0.184 e. The van der Waals surface area contributed by atoms with Crippen LogP contribution in [0.15, 0.2) is 54.6 Å². The van der Waals surface area contributed by atoms with Crippen LogP contribution in [-0.4, -0.2) is 32.1 Å². The molecule has 0 spiro atoms. The molecule has 0 aliphatic rings. The van der Waals surface area contributed by atoms with Crippen molar-refractivity contribution in [1.29, 1.82) is 0 Å². The molecule has 2 heterocycles. The standard InChI is InChI=1S/C25H27N3O3/c1-17-14-21(18(2)27(17)13-12-19-8-10-20(31-3)11-9-19)24(30)15-28-23-7-5-4-6-22(23)26-25(28)16-29/h4-11,14,29H,12-13,15-16H2,1-3H3. The summed E-state index contributed by atoms with van der Waals surface area (Å²) in [4.78, 5) is 17.6. The van der Waals surface area contributed by atoms with Gasteiger partial charge in [-0.3, -0.25) is 4.79 Å². The molecule has 0 saturated heterocycles. The van der Waals surface area contributed by atoms with Crippen LogP contribution in [0, 0.1) is 13.8 Å². The van der Waals surface area contributed by atoms with Gasteiger partial charge in [-0.2, -0.15) is 0 Å². The largest absolute Gasteiger partial charge is 0.497 e. The molecule has 4 aromatic rings. The topological polar surface area (TPSA) is 69.3 Å². The molecule has 0 unspecified atom stereocenters. The second-order valence-corrected chi connectivity index (χ2v) is 7.72. The summed E-state index contributed by atoms with van der Waals surface area (Å²) in [6.45, 7) is 4.77. The fraction of sp³-hybridized carbons (Fsp3) is 0.280. The number of carbonyl (C=O) groups excluding carboxylic acids is 1. The van der Waals surface area contributed by atoms with Gasteiger partial charge >= 0.3 is 0 Å². The van der Waals surface area contributed by atoms with Gasteiger partial charge in [-0.25, -0.2) is 4.98 Å². The number of hydrogen-bond donors (Lipinski definition) is 1. The van der Waals surface area contributed by atoms with E-state index in [4.69, 9.17) is 4.74 Å². The number of aliphatic hydroxyl groups is 1. The van der Waals surface area contributed by atoms with E-state index in [-0.39, 0.29) is 18.9 Å². The number of fused-ring (bicyclic) bond motifs is 1. The Morgan fingerprint density at radius 3 is 2.52 bits per heavy atom. The van der Waals surface area contributed by atoms with Crippen molar-refractivity contribution in [2.45, 2.75) is 40.0 Å². The molecule has 0 bridgehead atoms. The average molecular weight is 418 g/mol. The SMILES string of the molecule is COc1ccc(CCn2c(C)cc(C(=O)Cn3c(CO)nc4ccccc43)c2C)cc1. The van der Waals surface area contributed by atoms with Crippen LogP contribution in [0.1, 0.15) is 33.1 Å². The molecule has 2 aromatic carbocycles. The van der Waals surface area contributed by atoms with Gasteiger partial charge in [0.15, 0.2) is 5.78 Å². The number of nitrogens with zero attached hydrogens (tertiary/aromatic N) is 3. The Morgan fingerprint density at radius 2 is 1.81 bits per heavy atom. The van der Waals surface area contributed by atoms with Crippen molar-refractivity contribution in [3.05, 3.63) is 82.9 Å². The van der Waals surface area contributed by atoms with Crippen molar-refractivity contribution in [3.63, 3.8) is 0 Å². The Kier molecular flexibility index (Phi) is 5.91. The van der Waals surface area contributed by atoms with Gasteiger partial charge in [-0.1, -0.05) is 24.3 Å². The lowest BCUT2D eigenvalue weighted by Crippen LogP contribution is -2.14. The van der Waals surface area contributed by atoms with Crippen molar-refractivity contribution in [2.75, 3.05) is 7.11 Å². The van der Waals surface area contributed by atoms with E-state index in [1.54, 1.807) is 11.7 Å². The van der Waals surface area contributed by atoms with E-state index in [9.17, 15) is 9.90 Å². The Labute approximate surface area is 181 Å². The Balaban J connectivity index is 1.54. The highest BCUT2D eigenvalue weighted by molar-refractivity contribution is 5.98. The monoisotopic (exact) mass is 417 g/mol. The molecule has 0 aliphatic heterocycles. The predicted molar refractivity (Wildman–Crippen MR) is 121 cm³/mol. The number of para-hydroxylation sites is 2. The zero-order valence-electron chi connectivity index (χ0n) is 18.1. The van der Waals surface area contributed by atoms with E-state index in [0.29, 0.717) is 11.4 Å². The quantitative estimate of drug-likeness (QED) is 0.439. The summed E-state index contributed by atoms with van der Waals surface area (Å²) in [5.74, 6) is 1.36. The van der Waals surface area contributed by atoms with E-state index in [1.165, 1.54) is 5.56 Å². The number of Topliss-reactive ketones (excluding diaryl/α,β-unsaturated/α-hetero) is 1. The fourth-order valence-electron chi connectivity index (χ4n) is 4.11. The average Bonchev–Trinajstić information content (AvgIpc) is 3.29. The Hall–Kier alpha value is -3.38. The molecule has 0 amide bonds. The van der Waals surface area contributed by atoms with Gasteiger partial charge in [0.05, 0.1) is 24.7 Å².